The molecular weight excluding hydrogens is 518 g/mol. The number of halogens is 7. The zero-order valence-electron chi connectivity index (χ0n) is 19.5. The number of fused-ring (bicyclic) bond motifs is 1. The minimum absolute atomic E-state index is 0.00751. The van der Waals surface area contributed by atoms with E-state index in [1.165, 1.54) is 4.90 Å². The van der Waals surface area contributed by atoms with Crippen LogP contribution in [0.15, 0.2) is 12.1 Å². The normalized spacial score (nSPS) is 14.9. The van der Waals surface area contributed by atoms with Crippen LogP contribution < -0.4 is 5.32 Å². The number of benzene rings is 1. The molecule has 1 aliphatic heterocycles. The zero-order chi connectivity index (χ0) is 27.0. The number of nitrogens with zero attached hydrogens (tertiary/aromatic N) is 3. The van der Waals surface area contributed by atoms with E-state index >= 15 is 0 Å². The fourth-order valence-corrected chi connectivity index (χ4v) is 3.97. The van der Waals surface area contributed by atoms with Gasteiger partial charge in [-0.15, -0.1) is 0 Å². The molecule has 1 aromatic heterocycles. The van der Waals surface area contributed by atoms with E-state index in [1.54, 1.807) is 20.8 Å². The lowest BCUT2D eigenvalue weighted by atomic mass is 10.0. The van der Waals surface area contributed by atoms with E-state index in [1.807, 2.05) is 0 Å². The lowest BCUT2D eigenvalue weighted by Gasteiger charge is -2.31. The van der Waals surface area contributed by atoms with Crippen molar-refractivity contribution in [1.29, 1.82) is 0 Å². The summed E-state index contributed by atoms with van der Waals surface area (Å²) in [4.78, 5) is 29.9. The van der Waals surface area contributed by atoms with Gasteiger partial charge in [-0.3, -0.25) is 4.79 Å². The van der Waals surface area contributed by atoms with E-state index in [2.05, 4.69) is 10.3 Å². The Morgan fingerprint density at radius 1 is 1.11 bits per heavy atom. The summed E-state index contributed by atoms with van der Waals surface area (Å²) in [6, 6.07) is -0.139. The van der Waals surface area contributed by atoms with Crippen LogP contribution in [0.1, 0.15) is 44.3 Å². The molecule has 0 bridgehead atoms. The second-order valence-electron chi connectivity index (χ2n) is 9.25. The number of ether oxygens (including phenoxy) is 1. The average molecular weight is 541 g/mol. The van der Waals surface area contributed by atoms with Gasteiger partial charge in [0, 0.05) is 31.6 Å². The first-order valence-electron chi connectivity index (χ1n) is 10.8. The van der Waals surface area contributed by atoms with Gasteiger partial charge in [0.2, 0.25) is 11.7 Å². The third kappa shape index (κ3) is 6.62. The number of imidazole rings is 1. The van der Waals surface area contributed by atoms with Gasteiger partial charge in [0.25, 0.3) is 0 Å². The molecule has 0 saturated carbocycles. The number of aromatic nitrogens is 2. The summed E-state index contributed by atoms with van der Waals surface area (Å²) in [5.41, 5.74) is -1.20. The highest BCUT2D eigenvalue weighted by Crippen LogP contribution is 2.34. The number of hydrogen-bond acceptors (Lipinski definition) is 4. The fourth-order valence-electron chi connectivity index (χ4n) is 3.73. The molecule has 1 aromatic carbocycles. The molecule has 36 heavy (non-hydrogen) atoms. The lowest BCUT2D eigenvalue weighted by molar-refractivity contribution is -0.148. The van der Waals surface area contributed by atoms with Crippen LogP contribution in [0.2, 0.25) is 5.15 Å². The largest absolute Gasteiger partial charge is 0.449 e. The first-order valence-corrected chi connectivity index (χ1v) is 11.2. The molecule has 2 aromatic rings. The molecule has 1 aliphatic rings. The van der Waals surface area contributed by atoms with Crippen molar-refractivity contribution in [1.82, 2.24) is 19.8 Å². The molecule has 0 unspecified atom stereocenters. The molecule has 198 valence electrons. The number of nitrogens with one attached hydrogen (secondary N) is 1. The highest BCUT2D eigenvalue weighted by atomic mass is 35.5. The van der Waals surface area contributed by atoms with Gasteiger partial charge in [0.15, 0.2) is 16.8 Å². The second-order valence-corrected chi connectivity index (χ2v) is 9.60. The van der Waals surface area contributed by atoms with E-state index in [0.717, 1.165) is 4.57 Å². The Morgan fingerprint density at radius 3 is 2.36 bits per heavy atom. The number of rotatable bonds is 5. The van der Waals surface area contributed by atoms with Crippen LogP contribution in [0.25, 0.3) is 0 Å². The SMILES string of the molecule is CC(C)(C)OC(=O)N[C@@H](CC(=O)N1CCn2c(C(F)(F)F)nc(Cl)c2C1)Cc1cc(F)c(F)cc1F. The standard InChI is InChI=1S/C22H23ClF6N4O3/c1-21(2,3)36-20(35)30-12(6-11-7-14(25)15(26)9-13(11)24)8-17(34)32-4-5-33-16(10-32)18(23)31-19(33)22(27,28)29/h7,9,12H,4-6,8,10H2,1-3H3,(H,30,35)/t12-/m1/s1. The molecule has 0 spiro atoms. The highest BCUT2D eigenvalue weighted by Gasteiger charge is 2.40. The van der Waals surface area contributed by atoms with Gasteiger partial charge >= 0.3 is 12.3 Å². The van der Waals surface area contributed by atoms with Gasteiger partial charge in [0.05, 0.1) is 12.2 Å². The number of hydrogen-bond donors (Lipinski definition) is 1. The summed E-state index contributed by atoms with van der Waals surface area (Å²) in [5.74, 6) is -5.56. The van der Waals surface area contributed by atoms with Crippen LogP contribution in [0.5, 0.6) is 0 Å². The van der Waals surface area contributed by atoms with Gasteiger partial charge in [-0.05, 0) is 38.8 Å². The average Bonchev–Trinajstić information content (AvgIpc) is 3.07. The summed E-state index contributed by atoms with van der Waals surface area (Å²) < 4.78 is 86.9. The van der Waals surface area contributed by atoms with Crippen molar-refractivity contribution < 1.29 is 40.7 Å². The van der Waals surface area contributed by atoms with Gasteiger partial charge in [-0.25, -0.2) is 22.9 Å². The van der Waals surface area contributed by atoms with Crippen LogP contribution in [-0.4, -0.2) is 44.6 Å². The molecule has 7 nitrogen and oxygen atoms in total. The van der Waals surface area contributed by atoms with Crippen molar-refractivity contribution >= 4 is 23.6 Å². The minimum Gasteiger partial charge on any atom is -0.444 e. The molecule has 14 heteroatoms. The minimum atomic E-state index is -4.73. The Labute approximate surface area is 207 Å². The van der Waals surface area contributed by atoms with E-state index in [0.29, 0.717) is 12.1 Å². The first-order chi connectivity index (χ1) is 16.5. The van der Waals surface area contributed by atoms with Crippen molar-refractivity contribution in [2.75, 3.05) is 6.54 Å². The summed E-state index contributed by atoms with van der Waals surface area (Å²) in [6.45, 7) is 4.17. The molecule has 1 N–H and O–H groups in total. The Bertz CT molecular complexity index is 1160. The molecule has 0 fully saturated rings. The summed E-state index contributed by atoms with van der Waals surface area (Å²) in [7, 11) is 0. The maximum atomic E-state index is 14.2. The van der Waals surface area contributed by atoms with Crippen LogP contribution in [0.3, 0.4) is 0 Å². The number of carbonyl (C=O) groups excluding carboxylic acids is 2. The summed E-state index contributed by atoms with van der Waals surface area (Å²) in [6.07, 6.45) is -6.49. The third-order valence-electron chi connectivity index (χ3n) is 5.26. The quantitative estimate of drug-likeness (QED) is 0.435. The van der Waals surface area contributed by atoms with Crippen LogP contribution in [-0.2, 0) is 35.2 Å². The van der Waals surface area contributed by atoms with Crippen molar-refractivity contribution in [3.63, 3.8) is 0 Å². The topological polar surface area (TPSA) is 76.5 Å². The van der Waals surface area contributed by atoms with Crippen LogP contribution >= 0.6 is 11.6 Å². The third-order valence-corrected chi connectivity index (χ3v) is 5.56. The maximum absolute atomic E-state index is 14.2. The summed E-state index contributed by atoms with van der Waals surface area (Å²) >= 11 is 5.88. The number of alkyl carbamates (subject to hydrolysis) is 1. The molecule has 2 amide bonds. The molecule has 0 saturated heterocycles. The van der Waals surface area contributed by atoms with Crippen LogP contribution in [0.4, 0.5) is 31.1 Å². The number of alkyl halides is 3. The Balaban J connectivity index is 1.79. The molecule has 0 aliphatic carbocycles. The van der Waals surface area contributed by atoms with Crippen LogP contribution in [0, 0.1) is 17.5 Å². The number of carbonyl (C=O) groups is 2. The fraction of sp³-hybridized carbons (Fsp3) is 0.500. The predicted octanol–water partition coefficient (Wildman–Crippen LogP) is 4.84. The molecule has 2 heterocycles. The van der Waals surface area contributed by atoms with Crippen molar-refractivity contribution in [2.45, 2.75) is 64.5 Å². The van der Waals surface area contributed by atoms with E-state index in [9.17, 15) is 35.9 Å². The Hall–Kier alpha value is -2.96. The lowest BCUT2D eigenvalue weighted by Crippen LogP contribution is -2.45. The maximum Gasteiger partial charge on any atom is 0.449 e. The molecule has 1 atom stereocenters. The molecule has 0 radical (unpaired) electrons. The van der Waals surface area contributed by atoms with E-state index in [4.69, 9.17) is 16.3 Å². The Morgan fingerprint density at radius 2 is 1.75 bits per heavy atom. The van der Waals surface area contributed by atoms with Gasteiger partial charge in [-0.1, -0.05) is 11.6 Å². The van der Waals surface area contributed by atoms with E-state index < -0.39 is 71.1 Å². The van der Waals surface area contributed by atoms with Gasteiger partial charge in [-0.2, -0.15) is 13.2 Å². The smallest absolute Gasteiger partial charge is 0.444 e. The van der Waals surface area contributed by atoms with Crippen molar-refractivity contribution in [3.05, 3.63) is 51.8 Å². The number of amides is 2. The second kappa shape index (κ2) is 10.2. The predicted molar refractivity (Wildman–Crippen MR) is 115 cm³/mol. The molecular formula is C22H23ClF6N4O3. The monoisotopic (exact) mass is 540 g/mol. The van der Waals surface area contributed by atoms with Crippen molar-refractivity contribution in [3.8, 4) is 0 Å². The van der Waals surface area contributed by atoms with Gasteiger partial charge < -0.3 is 19.5 Å². The van der Waals surface area contributed by atoms with E-state index in [-0.39, 0.29) is 30.9 Å². The molecule has 3 rings (SSSR count). The highest BCUT2D eigenvalue weighted by molar-refractivity contribution is 6.30. The van der Waals surface area contributed by atoms with Gasteiger partial charge in [0.1, 0.15) is 11.4 Å². The van der Waals surface area contributed by atoms with Crippen molar-refractivity contribution in [2.24, 2.45) is 0 Å². The summed E-state index contributed by atoms with van der Waals surface area (Å²) in [5, 5.41) is 2.03. The first kappa shape index (κ1) is 27.6. The zero-order valence-corrected chi connectivity index (χ0v) is 20.2. The Kier molecular flexibility index (Phi) is 7.82.